The summed E-state index contributed by atoms with van der Waals surface area (Å²) in [6.45, 7) is 1.08. The number of benzene rings is 2. The molecule has 1 aliphatic rings. The van der Waals surface area contributed by atoms with Gasteiger partial charge in [-0.15, -0.1) is 0 Å². The topological polar surface area (TPSA) is 184 Å². The molecule has 0 radical (unpaired) electrons. The van der Waals surface area contributed by atoms with Gasteiger partial charge in [-0.3, -0.25) is 13.9 Å². The number of imidazole rings is 1. The number of anilines is 1. The highest BCUT2D eigenvalue weighted by molar-refractivity contribution is 7.52. The van der Waals surface area contributed by atoms with Crippen molar-refractivity contribution in [2.75, 3.05) is 12.3 Å². The van der Waals surface area contributed by atoms with Crippen LogP contribution in [0.15, 0.2) is 73.3 Å². The van der Waals surface area contributed by atoms with Crippen molar-refractivity contribution in [3.63, 3.8) is 0 Å². The third kappa shape index (κ3) is 5.83. The summed E-state index contributed by atoms with van der Waals surface area (Å²) in [5, 5.41) is 22.8. The first-order valence-corrected chi connectivity index (χ1v) is 14.0. The lowest BCUT2D eigenvalue weighted by molar-refractivity contribution is -0.143. The van der Waals surface area contributed by atoms with Crippen LogP contribution in [0.4, 0.5) is 5.82 Å². The number of carboxylic acid groups (broad SMARTS) is 1. The Bertz CT molecular complexity index is 1520. The molecule has 0 spiro atoms. The second-order valence-electron chi connectivity index (χ2n) is 9.61. The number of carbonyl (C=O) groups is 1. The molecule has 1 fully saturated rings. The number of hydrogen-bond acceptors (Lipinski definition) is 10. The molecule has 1 saturated heterocycles. The Kier molecular flexibility index (Phi) is 7.83. The van der Waals surface area contributed by atoms with Crippen LogP contribution in [0.3, 0.4) is 0 Å². The zero-order chi connectivity index (χ0) is 28.3. The normalized spacial score (nSPS) is 22.0. The largest absolute Gasteiger partial charge is 0.480 e. The number of rotatable bonds is 11. The van der Waals surface area contributed by atoms with Crippen molar-refractivity contribution >= 4 is 30.7 Å². The van der Waals surface area contributed by atoms with E-state index in [1.54, 1.807) is 59.2 Å². The van der Waals surface area contributed by atoms with Crippen LogP contribution < -0.4 is 15.3 Å². The molecule has 1 aliphatic heterocycles. The number of nitrogen functional groups attached to an aromatic ring is 1. The molecule has 0 bridgehead atoms. The van der Waals surface area contributed by atoms with E-state index in [0.29, 0.717) is 16.7 Å². The minimum absolute atomic E-state index is 0.0130. The summed E-state index contributed by atoms with van der Waals surface area (Å²) < 4.78 is 34.0. The molecule has 0 amide bonds. The molecule has 2 unspecified atom stereocenters. The highest BCUT2D eigenvalue weighted by Gasteiger charge is 2.48. The van der Waals surface area contributed by atoms with Gasteiger partial charge in [0, 0.05) is 12.8 Å². The second kappa shape index (κ2) is 11.3. The number of aromatic nitrogens is 4. The van der Waals surface area contributed by atoms with Gasteiger partial charge in [0.05, 0.1) is 19.0 Å². The van der Waals surface area contributed by atoms with Crippen molar-refractivity contribution in [1.82, 2.24) is 24.6 Å². The van der Waals surface area contributed by atoms with Crippen LogP contribution in [-0.2, 0) is 25.0 Å². The molecule has 40 heavy (non-hydrogen) atoms. The Labute approximate surface area is 229 Å². The lowest BCUT2D eigenvalue weighted by Gasteiger charge is -2.32. The van der Waals surface area contributed by atoms with E-state index < -0.39 is 37.7 Å². The summed E-state index contributed by atoms with van der Waals surface area (Å²) >= 11 is 0. The van der Waals surface area contributed by atoms with E-state index in [0.717, 1.165) is 0 Å². The zero-order valence-corrected chi connectivity index (χ0v) is 22.4. The summed E-state index contributed by atoms with van der Waals surface area (Å²) in [6.07, 6.45) is 0.223. The summed E-state index contributed by atoms with van der Waals surface area (Å²) in [5.74, 6) is -0.888. The predicted molar refractivity (Wildman–Crippen MR) is 144 cm³/mol. The molecule has 5 N–H and O–H groups in total. The zero-order valence-electron chi connectivity index (χ0n) is 21.5. The van der Waals surface area contributed by atoms with E-state index in [1.807, 2.05) is 6.07 Å². The monoisotopic (exact) mass is 568 g/mol. The Morgan fingerprint density at radius 3 is 2.55 bits per heavy atom. The lowest BCUT2D eigenvalue weighted by Crippen LogP contribution is -2.50. The molecule has 2 aromatic heterocycles. The summed E-state index contributed by atoms with van der Waals surface area (Å²) in [6, 6.07) is 17.2. The summed E-state index contributed by atoms with van der Waals surface area (Å²) in [7, 11) is -4.43. The number of ether oxygens (including phenoxy) is 1. The maximum Gasteiger partial charge on any atom is 0.460 e. The van der Waals surface area contributed by atoms with E-state index in [1.165, 1.54) is 19.6 Å². The van der Waals surface area contributed by atoms with Crippen LogP contribution in [0.1, 0.15) is 25.1 Å². The molecule has 2 aromatic carbocycles. The van der Waals surface area contributed by atoms with Crippen LogP contribution in [0, 0.1) is 0 Å². The fourth-order valence-corrected chi connectivity index (χ4v) is 6.43. The van der Waals surface area contributed by atoms with Crippen molar-refractivity contribution < 1.29 is 33.4 Å². The predicted octanol–water partition coefficient (Wildman–Crippen LogP) is 2.94. The lowest BCUT2D eigenvalue weighted by atomic mass is 9.94. The van der Waals surface area contributed by atoms with Crippen molar-refractivity contribution in [1.29, 1.82) is 0 Å². The first-order chi connectivity index (χ1) is 19.2. The van der Waals surface area contributed by atoms with Gasteiger partial charge in [-0.2, -0.15) is 5.09 Å². The van der Waals surface area contributed by atoms with Gasteiger partial charge in [-0.05, 0) is 24.6 Å². The van der Waals surface area contributed by atoms with Gasteiger partial charge < -0.3 is 25.2 Å². The first-order valence-electron chi connectivity index (χ1n) is 12.5. The number of nitrogens with one attached hydrogen (secondary N) is 1. The summed E-state index contributed by atoms with van der Waals surface area (Å²) in [5.41, 5.74) is 5.57. The van der Waals surface area contributed by atoms with Gasteiger partial charge >= 0.3 is 13.7 Å². The maximum absolute atomic E-state index is 14.5. The molecule has 5 atom stereocenters. The van der Waals surface area contributed by atoms with Crippen LogP contribution in [0.25, 0.3) is 11.2 Å². The number of aliphatic hydroxyl groups excluding tert-OH is 1. The van der Waals surface area contributed by atoms with Crippen molar-refractivity contribution in [2.24, 2.45) is 0 Å². The highest BCUT2D eigenvalue weighted by atomic mass is 31.2. The number of nitrogens with two attached hydrogens (primary N) is 1. The van der Waals surface area contributed by atoms with Gasteiger partial charge in [0.2, 0.25) is 0 Å². The van der Waals surface area contributed by atoms with E-state index in [9.17, 15) is 19.6 Å². The average Bonchev–Trinajstić information content (AvgIpc) is 3.54. The standard InChI is InChI=1S/C26H29N6O7P/c1-26(25(34)35,13-17-8-4-2-5-9-17)31-40(36,38-18-10-6-3-7-11-18)39-20-12-19(14-33)37-24(20)32-16-30-21-22(27)28-15-29-23(21)32/h2-11,15-16,19-20,24,33H,12-14H2,1H3,(H,31,36)(H,34,35)(H2,27,28,29)/t19-,20+,24+,26?,40?/m0/s1. The number of hydrogen-bond donors (Lipinski definition) is 4. The van der Waals surface area contributed by atoms with Gasteiger partial charge in [0.15, 0.2) is 17.7 Å². The minimum Gasteiger partial charge on any atom is -0.480 e. The molecular weight excluding hydrogens is 539 g/mol. The number of para-hydroxylation sites is 1. The van der Waals surface area contributed by atoms with Gasteiger partial charge in [-0.25, -0.2) is 19.5 Å². The van der Waals surface area contributed by atoms with Crippen molar-refractivity contribution in [3.05, 3.63) is 78.9 Å². The van der Waals surface area contributed by atoms with Gasteiger partial charge in [-0.1, -0.05) is 48.5 Å². The fraction of sp³-hybridized carbons (Fsp3) is 0.308. The van der Waals surface area contributed by atoms with E-state index >= 15 is 0 Å². The molecule has 0 aliphatic carbocycles. The van der Waals surface area contributed by atoms with Crippen molar-refractivity contribution in [3.8, 4) is 5.75 Å². The molecule has 14 heteroatoms. The Morgan fingerprint density at radius 1 is 1.18 bits per heavy atom. The third-order valence-corrected chi connectivity index (χ3v) is 8.28. The van der Waals surface area contributed by atoms with Crippen LogP contribution >= 0.6 is 7.75 Å². The van der Waals surface area contributed by atoms with E-state index in [2.05, 4.69) is 20.0 Å². The van der Waals surface area contributed by atoms with Crippen LogP contribution in [0.2, 0.25) is 0 Å². The van der Waals surface area contributed by atoms with Crippen LogP contribution in [-0.4, -0.2) is 60.1 Å². The number of nitrogens with zero attached hydrogens (tertiary/aromatic N) is 4. The molecule has 210 valence electrons. The number of fused-ring (bicyclic) bond motifs is 1. The first kappa shape index (κ1) is 27.7. The van der Waals surface area contributed by atoms with Crippen LogP contribution in [0.5, 0.6) is 5.75 Å². The quantitative estimate of drug-likeness (QED) is 0.194. The minimum atomic E-state index is -4.43. The highest BCUT2D eigenvalue weighted by Crippen LogP contribution is 2.51. The molecular formula is C26H29N6O7P. The number of aliphatic carboxylic acids is 1. The Hall–Kier alpha value is -3.87. The number of aliphatic hydroxyl groups is 1. The van der Waals surface area contributed by atoms with E-state index in [4.69, 9.17) is 19.5 Å². The molecule has 13 nitrogen and oxygen atoms in total. The van der Waals surface area contributed by atoms with Gasteiger partial charge in [0.1, 0.15) is 29.2 Å². The smallest absolute Gasteiger partial charge is 0.460 e. The van der Waals surface area contributed by atoms with Crippen molar-refractivity contribution in [2.45, 2.75) is 43.7 Å². The number of carboxylic acids is 1. The van der Waals surface area contributed by atoms with E-state index in [-0.39, 0.29) is 31.0 Å². The fourth-order valence-electron chi connectivity index (χ4n) is 4.57. The van der Waals surface area contributed by atoms with Gasteiger partial charge in [0.25, 0.3) is 0 Å². The third-order valence-electron chi connectivity index (χ3n) is 6.51. The molecule has 3 heterocycles. The molecule has 5 rings (SSSR count). The SMILES string of the molecule is CC(Cc1ccccc1)(NP(=O)(Oc1ccccc1)O[C@@H]1C[C@@H](CO)O[C@H]1n1cnc2c(N)ncnc21)C(=O)O. The molecule has 4 aromatic rings. The Morgan fingerprint density at radius 2 is 1.88 bits per heavy atom. The summed E-state index contributed by atoms with van der Waals surface area (Å²) in [4.78, 5) is 25.0. The molecule has 0 saturated carbocycles. The maximum atomic E-state index is 14.5. The Balaban J connectivity index is 1.51. The second-order valence-corrected chi connectivity index (χ2v) is 11.2. The average molecular weight is 569 g/mol.